The minimum Gasteiger partial charge on any atom is -0.460 e. The summed E-state index contributed by atoms with van der Waals surface area (Å²) in [6.07, 6.45) is 7.66. The first-order valence-corrected chi connectivity index (χ1v) is 12.8. The number of likely N-dealkylation sites (N-methyl/N-ethyl adjacent to an activating group) is 2. The third kappa shape index (κ3) is 5.25. The molecule has 2 aliphatic rings. The number of fused-ring (bicyclic) bond motifs is 1. The molecule has 0 aromatic heterocycles. The Morgan fingerprint density at radius 1 is 1.13 bits per heavy atom. The number of rotatable bonds is 6. The van der Waals surface area contributed by atoms with Gasteiger partial charge in [-0.15, -0.1) is 0 Å². The van der Waals surface area contributed by atoms with Crippen molar-refractivity contribution in [2.45, 2.75) is 82.9 Å². The van der Waals surface area contributed by atoms with Crippen molar-refractivity contribution >= 4 is 13.4 Å². The number of hydrogen-bond acceptors (Lipinski definition) is 3. The monoisotopic (exact) mass is 432 g/mol. The second-order valence-corrected chi connectivity index (χ2v) is 12.4. The van der Waals surface area contributed by atoms with E-state index in [1.807, 2.05) is 77.1 Å². The van der Waals surface area contributed by atoms with E-state index in [2.05, 4.69) is 9.34 Å². The van der Waals surface area contributed by atoms with Gasteiger partial charge in [-0.25, -0.2) is 9.34 Å². The number of benzene rings is 1. The second kappa shape index (κ2) is 9.38. The van der Waals surface area contributed by atoms with Crippen LogP contribution in [0.4, 0.5) is 0 Å². The maximum Gasteiger partial charge on any atom is 0.306 e. The molecule has 30 heavy (non-hydrogen) atoms. The second-order valence-electron chi connectivity index (χ2n) is 9.67. The van der Waals surface area contributed by atoms with Gasteiger partial charge in [0.1, 0.15) is 5.60 Å². The van der Waals surface area contributed by atoms with Crippen LogP contribution in [0.25, 0.3) is 0 Å². The number of ether oxygens (including phenoxy) is 1. The minimum absolute atomic E-state index is 0.00407. The zero-order chi connectivity index (χ0) is 21.9. The van der Waals surface area contributed by atoms with Crippen molar-refractivity contribution in [1.82, 2.24) is 9.34 Å². The van der Waals surface area contributed by atoms with Gasteiger partial charge in [0.2, 0.25) is 7.44 Å². The van der Waals surface area contributed by atoms with Gasteiger partial charge in [0.15, 0.2) is 0 Å². The van der Waals surface area contributed by atoms with Gasteiger partial charge in [0.05, 0.1) is 6.42 Å². The fourth-order valence-electron chi connectivity index (χ4n) is 4.83. The molecule has 0 amide bonds. The minimum atomic E-state index is -2.70. The first-order chi connectivity index (χ1) is 14.1. The van der Waals surface area contributed by atoms with E-state index in [1.54, 1.807) is 0 Å². The zero-order valence-corrected chi connectivity index (χ0v) is 20.0. The predicted molar refractivity (Wildman–Crippen MR) is 123 cm³/mol. The van der Waals surface area contributed by atoms with E-state index in [4.69, 9.17) is 4.74 Å². The molecular weight excluding hydrogens is 395 g/mol. The quantitative estimate of drug-likeness (QED) is 0.421. The molecule has 1 aromatic rings. The molecule has 5 nitrogen and oxygen atoms in total. The van der Waals surface area contributed by atoms with Crippen LogP contribution in [0.15, 0.2) is 42.2 Å². The Hall–Kier alpha value is -1.42. The Bertz CT molecular complexity index is 780. The summed E-state index contributed by atoms with van der Waals surface area (Å²) in [5.74, 6) is 1.72. The van der Waals surface area contributed by atoms with Crippen molar-refractivity contribution in [1.29, 1.82) is 0 Å². The van der Waals surface area contributed by atoms with Crippen LogP contribution in [0, 0.1) is 0 Å². The summed E-state index contributed by atoms with van der Waals surface area (Å²) in [6.45, 7) is 5.66. The lowest BCUT2D eigenvalue weighted by atomic mass is 9.91. The largest absolute Gasteiger partial charge is 0.460 e. The van der Waals surface area contributed by atoms with Gasteiger partial charge in [0, 0.05) is 17.9 Å². The third-order valence-corrected chi connectivity index (χ3v) is 9.38. The maximum atomic E-state index is 13.8. The van der Waals surface area contributed by atoms with E-state index in [1.165, 1.54) is 12.8 Å². The number of carbonyl (C=O) groups excluding carboxylic acids is 1. The fraction of sp³-hybridized carbons (Fsp3) is 0.625. The SMILES string of the molecule is CN1[C@@H]2CCCC[C@H]2N(C)P1(=O)/C=C/C[C@@H](CC(=O)OC(C)(C)C)c1ccccc1. The average Bonchev–Trinajstić information content (AvgIpc) is 2.88. The van der Waals surface area contributed by atoms with Gasteiger partial charge < -0.3 is 4.74 Å². The molecule has 3 rings (SSSR count). The Kier molecular flexibility index (Phi) is 7.27. The van der Waals surface area contributed by atoms with Crippen molar-refractivity contribution in [3.63, 3.8) is 0 Å². The highest BCUT2D eigenvalue weighted by atomic mass is 31.2. The zero-order valence-electron chi connectivity index (χ0n) is 19.1. The molecule has 0 spiro atoms. The van der Waals surface area contributed by atoms with Crippen LogP contribution >= 0.6 is 7.44 Å². The highest BCUT2D eigenvalue weighted by molar-refractivity contribution is 7.62. The first-order valence-electron chi connectivity index (χ1n) is 11.1. The lowest BCUT2D eigenvalue weighted by Crippen LogP contribution is -2.37. The highest BCUT2D eigenvalue weighted by Crippen LogP contribution is 2.62. The summed E-state index contributed by atoms with van der Waals surface area (Å²) in [6, 6.07) is 10.8. The van der Waals surface area contributed by atoms with Gasteiger partial charge in [-0.2, -0.15) is 0 Å². The van der Waals surface area contributed by atoms with Crippen LogP contribution in [0.1, 0.15) is 70.8 Å². The molecule has 1 saturated heterocycles. The van der Waals surface area contributed by atoms with Gasteiger partial charge in [-0.05, 0) is 65.6 Å². The molecule has 0 radical (unpaired) electrons. The third-order valence-electron chi connectivity index (χ3n) is 6.38. The number of esters is 1. The summed E-state index contributed by atoms with van der Waals surface area (Å²) >= 11 is 0. The molecule has 1 aliphatic carbocycles. The molecule has 3 atom stereocenters. The van der Waals surface area contributed by atoms with Gasteiger partial charge >= 0.3 is 5.97 Å². The number of nitrogens with zero attached hydrogens (tertiary/aromatic N) is 2. The van der Waals surface area contributed by atoms with Gasteiger partial charge in [-0.3, -0.25) is 9.36 Å². The fourth-order valence-corrected chi connectivity index (χ4v) is 7.48. The number of hydrogen-bond donors (Lipinski definition) is 0. The summed E-state index contributed by atoms with van der Waals surface area (Å²) in [4.78, 5) is 12.5. The normalized spacial score (nSPS) is 25.9. The average molecular weight is 433 g/mol. The maximum absolute atomic E-state index is 13.8. The molecule has 6 heteroatoms. The molecule has 0 unspecified atom stereocenters. The van der Waals surface area contributed by atoms with Crippen LogP contribution in [0.3, 0.4) is 0 Å². The topological polar surface area (TPSA) is 49.9 Å². The Morgan fingerprint density at radius 2 is 1.70 bits per heavy atom. The number of carbonyl (C=O) groups is 1. The molecule has 1 aliphatic heterocycles. The molecule has 0 bridgehead atoms. The van der Waals surface area contributed by atoms with Crippen LogP contribution in [-0.2, 0) is 14.1 Å². The molecule has 1 aromatic carbocycles. The lowest BCUT2D eigenvalue weighted by Gasteiger charge is -2.28. The van der Waals surface area contributed by atoms with E-state index in [0.717, 1.165) is 18.4 Å². The van der Waals surface area contributed by atoms with E-state index >= 15 is 0 Å². The van der Waals surface area contributed by atoms with Crippen molar-refractivity contribution in [3.8, 4) is 0 Å². The van der Waals surface area contributed by atoms with Gasteiger partial charge in [-0.1, -0.05) is 49.2 Å². The summed E-state index contributed by atoms with van der Waals surface area (Å²) in [7, 11) is 1.31. The summed E-state index contributed by atoms with van der Waals surface area (Å²) in [5.41, 5.74) is 0.609. The molecule has 0 N–H and O–H groups in total. The smallest absolute Gasteiger partial charge is 0.306 e. The van der Waals surface area contributed by atoms with Crippen molar-refractivity contribution in [2.75, 3.05) is 14.1 Å². The molecule has 1 saturated carbocycles. The number of allylic oxidation sites excluding steroid dienone is 1. The molecule has 2 fully saturated rings. The highest BCUT2D eigenvalue weighted by Gasteiger charge is 2.50. The van der Waals surface area contributed by atoms with Gasteiger partial charge in [0.25, 0.3) is 0 Å². The van der Waals surface area contributed by atoms with Crippen LogP contribution < -0.4 is 0 Å². The van der Waals surface area contributed by atoms with Crippen molar-refractivity contribution < 1.29 is 14.1 Å². The van der Waals surface area contributed by atoms with Crippen molar-refractivity contribution in [2.24, 2.45) is 0 Å². The van der Waals surface area contributed by atoms with Crippen LogP contribution in [0.5, 0.6) is 0 Å². The standard InChI is InChI=1S/C24H37N2O3P/c1-24(2,3)29-23(27)18-20(19-12-7-6-8-13-19)14-11-17-30(28)25(4)21-15-9-10-16-22(21)26(30)5/h6-8,11-13,17,20-22H,9-10,14-16,18H2,1-5H3/b17-11+/t20-,21+,22+/m0/s1. The molecular formula is C24H37N2O3P. The first kappa shape index (κ1) is 23.2. The lowest BCUT2D eigenvalue weighted by molar-refractivity contribution is -0.155. The van der Waals surface area contributed by atoms with E-state index in [-0.39, 0.29) is 11.9 Å². The van der Waals surface area contributed by atoms with Crippen molar-refractivity contribution in [3.05, 3.63) is 47.8 Å². The van der Waals surface area contributed by atoms with Crippen LogP contribution in [0.2, 0.25) is 0 Å². The predicted octanol–water partition coefficient (Wildman–Crippen LogP) is 5.79. The molecule has 166 valence electrons. The van der Waals surface area contributed by atoms with E-state index in [0.29, 0.717) is 24.9 Å². The Labute approximate surface area is 181 Å². The van der Waals surface area contributed by atoms with Crippen LogP contribution in [-0.4, -0.2) is 47.1 Å². The Morgan fingerprint density at radius 3 is 2.23 bits per heavy atom. The Balaban J connectivity index is 1.74. The summed E-state index contributed by atoms with van der Waals surface area (Å²) < 4.78 is 23.6. The van der Waals surface area contributed by atoms with E-state index < -0.39 is 13.0 Å². The molecule has 1 heterocycles. The van der Waals surface area contributed by atoms with E-state index in [9.17, 15) is 9.36 Å². The summed E-state index contributed by atoms with van der Waals surface area (Å²) in [5, 5.41) is 0.